The van der Waals surface area contributed by atoms with Crippen molar-refractivity contribution in [2.75, 3.05) is 11.9 Å². The number of benzene rings is 2. The van der Waals surface area contributed by atoms with Gasteiger partial charge in [0.2, 0.25) is 5.91 Å². The van der Waals surface area contributed by atoms with Gasteiger partial charge < -0.3 is 5.32 Å². The first-order valence-electron chi connectivity index (χ1n) is 8.37. The van der Waals surface area contributed by atoms with Crippen LogP contribution in [0.5, 0.6) is 0 Å². The minimum absolute atomic E-state index is 0.0196. The predicted octanol–water partition coefficient (Wildman–Crippen LogP) is 4.35. The van der Waals surface area contributed by atoms with E-state index in [1.165, 1.54) is 18.3 Å². The van der Waals surface area contributed by atoms with Gasteiger partial charge in [-0.25, -0.2) is 4.98 Å². The Balaban J connectivity index is 1.63. The van der Waals surface area contributed by atoms with Gasteiger partial charge in [-0.05, 0) is 52.8 Å². The summed E-state index contributed by atoms with van der Waals surface area (Å²) in [6.07, 6.45) is 0.786. The first kappa shape index (κ1) is 19.5. The summed E-state index contributed by atoms with van der Waals surface area (Å²) < 4.78 is 1.01. The van der Waals surface area contributed by atoms with Crippen LogP contribution in [0.1, 0.15) is 22.8 Å². The zero-order chi connectivity index (χ0) is 19.2. The van der Waals surface area contributed by atoms with Crippen LogP contribution in [0, 0.1) is 3.57 Å². The van der Waals surface area contributed by atoms with Crippen LogP contribution >= 0.6 is 33.9 Å². The van der Waals surface area contributed by atoms with Crippen LogP contribution in [-0.4, -0.2) is 23.3 Å². The molecule has 2 amide bonds. The smallest absolute Gasteiger partial charge is 0.257 e. The Kier molecular flexibility index (Phi) is 6.57. The average Bonchev–Trinajstić information content (AvgIpc) is 3.10. The fourth-order valence-electron chi connectivity index (χ4n) is 2.49. The van der Waals surface area contributed by atoms with Crippen molar-refractivity contribution in [2.24, 2.45) is 0 Å². The monoisotopic (exact) mass is 491 g/mol. The third-order valence-corrected chi connectivity index (χ3v) is 5.28. The zero-order valence-corrected chi connectivity index (χ0v) is 17.6. The Morgan fingerprint density at radius 1 is 1.15 bits per heavy atom. The Bertz CT molecular complexity index is 954. The number of aromatic nitrogens is 1. The molecule has 2 aromatic carbocycles. The van der Waals surface area contributed by atoms with E-state index in [2.05, 4.69) is 38.2 Å². The molecule has 0 saturated carbocycles. The van der Waals surface area contributed by atoms with Gasteiger partial charge in [0.25, 0.3) is 5.91 Å². The van der Waals surface area contributed by atoms with E-state index in [4.69, 9.17) is 0 Å². The van der Waals surface area contributed by atoms with Gasteiger partial charge in [0.15, 0.2) is 5.13 Å². The number of rotatable bonds is 6. The molecular formula is C20H18IN3O2S. The fraction of sp³-hybridized carbons (Fsp3) is 0.150. The minimum atomic E-state index is -0.164. The molecule has 7 heteroatoms. The maximum absolute atomic E-state index is 12.3. The molecule has 3 rings (SSSR count). The summed E-state index contributed by atoms with van der Waals surface area (Å²) in [6, 6.07) is 15.5. The number of amides is 2. The molecule has 5 nitrogen and oxygen atoms in total. The largest absolute Gasteiger partial charge is 0.356 e. The number of anilines is 1. The number of nitrogens with one attached hydrogen (secondary N) is 2. The van der Waals surface area contributed by atoms with Gasteiger partial charge in [-0.3, -0.25) is 14.9 Å². The van der Waals surface area contributed by atoms with Crippen LogP contribution in [0.2, 0.25) is 0 Å². The SMILES string of the molecule is CC(=O)NCCc1ccc(-c2csc(NC(=O)c3cccc(I)c3)n2)cc1. The third-order valence-electron chi connectivity index (χ3n) is 3.85. The summed E-state index contributed by atoms with van der Waals surface area (Å²) in [4.78, 5) is 27.7. The molecule has 0 aliphatic carbocycles. The van der Waals surface area contributed by atoms with Crippen molar-refractivity contribution in [3.05, 3.63) is 68.6 Å². The average molecular weight is 491 g/mol. The molecule has 0 atom stereocenters. The van der Waals surface area contributed by atoms with Crippen molar-refractivity contribution in [3.8, 4) is 11.3 Å². The van der Waals surface area contributed by atoms with Gasteiger partial charge in [-0.1, -0.05) is 30.3 Å². The van der Waals surface area contributed by atoms with E-state index in [9.17, 15) is 9.59 Å². The van der Waals surface area contributed by atoms with E-state index in [0.29, 0.717) is 17.2 Å². The molecule has 0 bridgehead atoms. The van der Waals surface area contributed by atoms with Crippen LogP contribution < -0.4 is 10.6 Å². The van der Waals surface area contributed by atoms with Gasteiger partial charge in [0, 0.05) is 33.5 Å². The van der Waals surface area contributed by atoms with Gasteiger partial charge in [0.1, 0.15) is 0 Å². The molecule has 0 radical (unpaired) electrons. The molecule has 0 unspecified atom stereocenters. The summed E-state index contributed by atoms with van der Waals surface area (Å²) in [5, 5.41) is 8.14. The second-order valence-corrected chi connectivity index (χ2v) is 8.04. The number of halogens is 1. The van der Waals surface area contributed by atoms with Crippen molar-refractivity contribution in [1.29, 1.82) is 0 Å². The van der Waals surface area contributed by atoms with Crippen LogP contribution in [0.25, 0.3) is 11.3 Å². The predicted molar refractivity (Wildman–Crippen MR) is 117 cm³/mol. The van der Waals surface area contributed by atoms with E-state index >= 15 is 0 Å². The Hall–Kier alpha value is -2.26. The highest BCUT2D eigenvalue weighted by Crippen LogP contribution is 2.25. The molecule has 0 spiro atoms. The maximum Gasteiger partial charge on any atom is 0.257 e. The van der Waals surface area contributed by atoms with Crippen molar-refractivity contribution in [2.45, 2.75) is 13.3 Å². The maximum atomic E-state index is 12.3. The third kappa shape index (κ3) is 5.61. The molecule has 0 fully saturated rings. The molecule has 3 aromatic rings. The normalized spacial score (nSPS) is 10.4. The van der Waals surface area contributed by atoms with E-state index < -0.39 is 0 Å². The molecule has 138 valence electrons. The lowest BCUT2D eigenvalue weighted by molar-refractivity contribution is -0.118. The molecule has 1 heterocycles. The topological polar surface area (TPSA) is 71.1 Å². The van der Waals surface area contributed by atoms with Gasteiger partial charge in [0.05, 0.1) is 5.69 Å². The quantitative estimate of drug-likeness (QED) is 0.504. The number of thiazole rings is 1. The number of hydrogen-bond acceptors (Lipinski definition) is 4. The standard InChI is InChI=1S/C20H18IN3O2S/c1-13(25)22-10-9-14-5-7-15(8-6-14)18-12-27-20(23-18)24-19(26)16-3-2-4-17(21)11-16/h2-8,11-12H,9-10H2,1H3,(H,22,25)(H,23,24,26). The lowest BCUT2D eigenvalue weighted by atomic mass is 10.1. The van der Waals surface area contributed by atoms with Gasteiger partial charge in [-0.15, -0.1) is 11.3 Å². The number of carbonyl (C=O) groups is 2. The highest BCUT2D eigenvalue weighted by molar-refractivity contribution is 14.1. The van der Waals surface area contributed by atoms with E-state index in [0.717, 1.165) is 26.8 Å². The summed E-state index contributed by atoms with van der Waals surface area (Å²) in [7, 11) is 0. The summed E-state index contributed by atoms with van der Waals surface area (Å²) in [5.41, 5.74) is 3.58. The van der Waals surface area contributed by atoms with Crippen molar-refractivity contribution < 1.29 is 9.59 Å². The highest BCUT2D eigenvalue weighted by atomic mass is 127. The highest BCUT2D eigenvalue weighted by Gasteiger charge is 2.10. The van der Waals surface area contributed by atoms with Crippen molar-refractivity contribution >= 4 is 50.9 Å². The second-order valence-electron chi connectivity index (χ2n) is 5.93. The summed E-state index contributed by atoms with van der Waals surface area (Å²) >= 11 is 3.58. The molecule has 0 saturated heterocycles. The summed E-state index contributed by atoms with van der Waals surface area (Å²) in [5.74, 6) is -0.184. The van der Waals surface area contributed by atoms with Crippen molar-refractivity contribution in [3.63, 3.8) is 0 Å². The zero-order valence-electron chi connectivity index (χ0n) is 14.7. The van der Waals surface area contributed by atoms with E-state index in [-0.39, 0.29) is 11.8 Å². The Morgan fingerprint density at radius 2 is 1.93 bits per heavy atom. The van der Waals surface area contributed by atoms with Crippen LogP contribution in [-0.2, 0) is 11.2 Å². The lowest BCUT2D eigenvalue weighted by Gasteiger charge is -2.04. The molecule has 2 N–H and O–H groups in total. The number of carbonyl (C=O) groups excluding carboxylic acids is 2. The first-order valence-corrected chi connectivity index (χ1v) is 10.3. The lowest BCUT2D eigenvalue weighted by Crippen LogP contribution is -2.22. The summed E-state index contributed by atoms with van der Waals surface area (Å²) in [6.45, 7) is 2.14. The van der Waals surface area contributed by atoms with Crippen LogP contribution in [0.4, 0.5) is 5.13 Å². The number of nitrogens with zero attached hydrogens (tertiary/aromatic N) is 1. The first-order chi connectivity index (χ1) is 13.0. The number of hydrogen-bond donors (Lipinski definition) is 2. The molecule has 0 aliphatic rings. The minimum Gasteiger partial charge on any atom is -0.356 e. The molecular weight excluding hydrogens is 473 g/mol. The van der Waals surface area contributed by atoms with Gasteiger partial charge >= 0.3 is 0 Å². The molecule has 1 aromatic heterocycles. The van der Waals surface area contributed by atoms with E-state index in [1.54, 1.807) is 6.07 Å². The second kappa shape index (κ2) is 9.09. The van der Waals surface area contributed by atoms with Crippen molar-refractivity contribution in [1.82, 2.24) is 10.3 Å². The van der Waals surface area contributed by atoms with Gasteiger partial charge in [-0.2, -0.15) is 0 Å². The fourth-order valence-corrected chi connectivity index (χ4v) is 3.75. The molecule has 0 aliphatic heterocycles. The van der Waals surface area contributed by atoms with Crippen LogP contribution in [0.15, 0.2) is 53.9 Å². The molecule has 27 heavy (non-hydrogen) atoms. The Labute approximate surface area is 175 Å². The Morgan fingerprint density at radius 3 is 2.63 bits per heavy atom. The van der Waals surface area contributed by atoms with Crippen LogP contribution in [0.3, 0.4) is 0 Å². The van der Waals surface area contributed by atoms with E-state index in [1.807, 2.05) is 47.8 Å².